The van der Waals surface area contributed by atoms with Gasteiger partial charge in [-0.05, 0) is 29.2 Å². The Labute approximate surface area is 145 Å². The van der Waals surface area contributed by atoms with E-state index in [9.17, 15) is 0 Å². The summed E-state index contributed by atoms with van der Waals surface area (Å²) in [5, 5.41) is 2.29. The van der Waals surface area contributed by atoms with Crippen LogP contribution in [0.15, 0.2) is 82.4 Å². The molecule has 0 N–H and O–H groups in total. The summed E-state index contributed by atoms with van der Waals surface area (Å²) in [5.41, 5.74) is 4.83. The molecule has 23 heavy (non-hydrogen) atoms. The second kappa shape index (κ2) is 4.70. The Bertz CT molecular complexity index is 802. The summed E-state index contributed by atoms with van der Waals surface area (Å²) in [6.45, 7) is 0. The summed E-state index contributed by atoms with van der Waals surface area (Å²) in [4.78, 5) is 1.59. The highest BCUT2D eigenvalue weighted by Crippen LogP contribution is 2.63. The smallest absolute Gasteiger partial charge is 0.0402 e. The summed E-state index contributed by atoms with van der Waals surface area (Å²) < 4.78 is 0. The molecular formula is C21H18S2. The maximum atomic E-state index is 2.60. The average molecular weight is 335 g/mol. The minimum absolute atomic E-state index is 0.628. The van der Waals surface area contributed by atoms with Gasteiger partial charge in [0.15, 0.2) is 0 Å². The second-order valence-corrected chi connectivity index (χ2v) is 9.75. The Hall–Kier alpha value is -1.12. The molecule has 6 aliphatic rings. The molecule has 6 atom stereocenters. The molecule has 0 spiro atoms. The first-order valence-electron chi connectivity index (χ1n) is 8.57. The first kappa shape index (κ1) is 13.2. The summed E-state index contributed by atoms with van der Waals surface area (Å²) in [6.07, 6.45) is 24.6. The fraction of sp³-hybridized carbons (Fsp3) is 0.333. The predicted octanol–water partition coefficient (Wildman–Crippen LogP) is 5.21. The standard InChI is InChI=1S/C21H18S2/c1-2-6-13-11-18-16(9-12(13)5-1)20-21(22-18)17-10-14-7-3-4-8-15(14)19(17)23-20/h1-8,10-12,15,17,19-21H,9H2. The molecule has 1 fully saturated rings. The summed E-state index contributed by atoms with van der Waals surface area (Å²) >= 11 is 4.45. The van der Waals surface area contributed by atoms with Crippen LogP contribution in [0.1, 0.15) is 6.42 Å². The van der Waals surface area contributed by atoms with Gasteiger partial charge < -0.3 is 0 Å². The highest BCUT2D eigenvalue weighted by atomic mass is 32.2. The van der Waals surface area contributed by atoms with E-state index in [0.29, 0.717) is 11.8 Å². The number of thioether (sulfide) groups is 2. The van der Waals surface area contributed by atoms with Crippen LogP contribution in [0.4, 0.5) is 0 Å². The molecule has 0 aromatic rings. The lowest BCUT2D eigenvalue weighted by Crippen LogP contribution is -2.21. The van der Waals surface area contributed by atoms with Gasteiger partial charge in [0.2, 0.25) is 0 Å². The van der Waals surface area contributed by atoms with Crippen LogP contribution in [0.25, 0.3) is 0 Å². The topological polar surface area (TPSA) is 0 Å². The highest BCUT2D eigenvalue weighted by Gasteiger charge is 2.54. The Morgan fingerprint density at radius 2 is 1.78 bits per heavy atom. The third-order valence-corrected chi connectivity index (χ3v) is 9.49. The SMILES string of the molecule is C1=CC2=CC3=C(CC2C=C1)C1SC2C4C=CC=CC4=CC2C1S3. The zero-order chi connectivity index (χ0) is 15.0. The quantitative estimate of drug-likeness (QED) is 0.596. The Morgan fingerprint density at radius 1 is 0.913 bits per heavy atom. The van der Waals surface area contributed by atoms with Crippen LogP contribution in [0.2, 0.25) is 0 Å². The van der Waals surface area contributed by atoms with Crippen molar-refractivity contribution in [3.63, 3.8) is 0 Å². The molecule has 0 amide bonds. The maximum Gasteiger partial charge on any atom is 0.0402 e. The molecule has 0 radical (unpaired) electrons. The summed E-state index contributed by atoms with van der Waals surface area (Å²) in [5.74, 6) is 2.04. The average Bonchev–Trinajstić information content (AvgIpc) is 3.21. The van der Waals surface area contributed by atoms with Crippen molar-refractivity contribution in [1.29, 1.82) is 0 Å². The minimum Gasteiger partial charge on any atom is -0.148 e. The van der Waals surface area contributed by atoms with Crippen LogP contribution in [0, 0.1) is 17.8 Å². The van der Waals surface area contributed by atoms with Crippen molar-refractivity contribution in [2.24, 2.45) is 17.8 Å². The number of hydrogen-bond acceptors (Lipinski definition) is 2. The monoisotopic (exact) mass is 334 g/mol. The minimum atomic E-state index is 0.628. The normalized spacial score (nSPS) is 44.5. The summed E-state index contributed by atoms with van der Waals surface area (Å²) in [7, 11) is 0. The largest absolute Gasteiger partial charge is 0.148 e. The van der Waals surface area contributed by atoms with E-state index in [4.69, 9.17) is 0 Å². The van der Waals surface area contributed by atoms with Gasteiger partial charge in [-0.3, -0.25) is 0 Å². The van der Waals surface area contributed by atoms with E-state index in [0.717, 1.165) is 21.7 Å². The van der Waals surface area contributed by atoms with Crippen molar-refractivity contribution in [2.45, 2.75) is 22.2 Å². The lowest BCUT2D eigenvalue weighted by molar-refractivity contribution is 0.602. The molecule has 0 aromatic heterocycles. The van der Waals surface area contributed by atoms with E-state index >= 15 is 0 Å². The van der Waals surface area contributed by atoms with E-state index in [1.165, 1.54) is 12.0 Å². The molecule has 6 rings (SSSR count). The van der Waals surface area contributed by atoms with Gasteiger partial charge in [0.05, 0.1) is 0 Å². The highest BCUT2D eigenvalue weighted by molar-refractivity contribution is 8.08. The van der Waals surface area contributed by atoms with Gasteiger partial charge in [0.1, 0.15) is 0 Å². The molecule has 2 heteroatoms. The first-order chi connectivity index (χ1) is 11.4. The third-order valence-electron chi connectivity index (χ3n) is 6.03. The number of rotatable bonds is 0. The molecule has 0 nitrogen and oxygen atoms in total. The van der Waals surface area contributed by atoms with Crippen molar-refractivity contribution < 1.29 is 0 Å². The molecule has 2 aliphatic heterocycles. The van der Waals surface area contributed by atoms with Crippen molar-refractivity contribution in [3.8, 4) is 0 Å². The van der Waals surface area contributed by atoms with Crippen molar-refractivity contribution in [2.75, 3.05) is 0 Å². The molecule has 0 aromatic carbocycles. The molecule has 114 valence electrons. The zero-order valence-electron chi connectivity index (χ0n) is 12.8. The van der Waals surface area contributed by atoms with Gasteiger partial charge in [0, 0.05) is 38.4 Å². The van der Waals surface area contributed by atoms with E-state index in [2.05, 4.69) is 84.3 Å². The first-order valence-corrected chi connectivity index (χ1v) is 10.4. The Morgan fingerprint density at radius 3 is 2.74 bits per heavy atom. The van der Waals surface area contributed by atoms with E-state index in [1.54, 1.807) is 16.1 Å². The van der Waals surface area contributed by atoms with Gasteiger partial charge in [-0.2, -0.15) is 0 Å². The van der Waals surface area contributed by atoms with Crippen molar-refractivity contribution in [1.82, 2.24) is 0 Å². The molecule has 0 saturated carbocycles. The number of allylic oxidation sites excluding steroid dienone is 12. The molecule has 1 saturated heterocycles. The number of fused-ring (bicyclic) bond motifs is 7. The second-order valence-electron chi connectivity index (χ2n) is 7.21. The zero-order valence-corrected chi connectivity index (χ0v) is 14.4. The Kier molecular flexibility index (Phi) is 2.70. The van der Waals surface area contributed by atoms with E-state index in [1.807, 2.05) is 0 Å². The van der Waals surface area contributed by atoms with Crippen molar-refractivity contribution >= 4 is 23.5 Å². The third kappa shape index (κ3) is 1.77. The fourth-order valence-corrected chi connectivity index (χ4v) is 8.95. The lowest BCUT2D eigenvalue weighted by Gasteiger charge is -2.26. The van der Waals surface area contributed by atoms with E-state index in [-0.39, 0.29) is 0 Å². The maximum absolute atomic E-state index is 2.60. The van der Waals surface area contributed by atoms with Gasteiger partial charge in [-0.1, -0.05) is 54.7 Å². The van der Waals surface area contributed by atoms with Crippen LogP contribution in [-0.2, 0) is 0 Å². The van der Waals surface area contributed by atoms with Crippen LogP contribution in [0.5, 0.6) is 0 Å². The number of hydrogen-bond donors (Lipinski definition) is 0. The molecule has 4 aliphatic carbocycles. The van der Waals surface area contributed by atoms with Crippen LogP contribution in [0.3, 0.4) is 0 Å². The van der Waals surface area contributed by atoms with Crippen LogP contribution < -0.4 is 0 Å². The van der Waals surface area contributed by atoms with Crippen molar-refractivity contribution in [3.05, 3.63) is 82.4 Å². The molecular weight excluding hydrogens is 316 g/mol. The lowest BCUT2D eigenvalue weighted by atomic mass is 9.82. The molecule has 2 heterocycles. The van der Waals surface area contributed by atoms with Crippen LogP contribution in [-0.4, -0.2) is 15.7 Å². The fourth-order valence-electron chi connectivity index (χ4n) is 4.96. The van der Waals surface area contributed by atoms with Gasteiger partial charge in [0.25, 0.3) is 0 Å². The molecule has 6 unspecified atom stereocenters. The van der Waals surface area contributed by atoms with Gasteiger partial charge in [-0.15, -0.1) is 23.5 Å². The summed E-state index contributed by atoms with van der Waals surface area (Å²) in [6, 6.07) is 0. The van der Waals surface area contributed by atoms with E-state index < -0.39 is 0 Å². The molecule has 0 bridgehead atoms. The van der Waals surface area contributed by atoms with Gasteiger partial charge in [-0.25, -0.2) is 0 Å². The predicted molar refractivity (Wildman–Crippen MR) is 101 cm³/mol. The van der Waals surface area contributed by atoms with Gasteiger partial charge >= 0.3 is 0 Å². The van der Waals surface area contributed by atoms with Crippen LogP contribution >= 0.6 is 23.5 Å². The Balaban J connectivity index is 1.36.